The number of nitrogens with zero attached hydrogens (tertiary/aromatic N) is 1. The number of fused-ring (bicyclic) bond motifs is 1. The van der Waals surface area contributed by atoms with Crippen LogP contribution >= 0.6 is 0 Å². The Labute approximate surface area is 197 Å². The Hall–Kier alpha value is -1.08. The van der Waals surface area contributed by atoms with Gasteiger partial charge in [0.2, 0.25) is 0 Å². The summed E-state index contributed by atoms with van der Waals surface area (Å²) in [6.45, 7) is 11.1. The molecular weight excluding hydrogens is 424 g/mol. The predicted molar refractivity (Wildman–Crippen MR) is 126 cm³/mol. The molecule has 1 heterocycles. The smallest absolute Gasteiger partial charge is 0.265 e. The summed E-state index contributed by atoms with van der Waals surface area (Å²) >= 11 is 0. The van der Waals surface area contributed by atoms with Gasteiger partial charge in [0.15, 0.2) is 0 Å². The van der Waals surface area contributed by atoms with Crippen molar-refractivity contribution in [2.75, 3.05) is 26.2 Å². The van der Waals surface area contributed by atoms with E-state index in [0.29, 0.717) is 43.7 Å². The van der Waals surface area contributed by atoms with Crippen LogP contribution in [-0.2, 0) is 4.74 Å². The molecule has 6 heteroatoms. The number of allylic oxidation sites excluding steroid dienone is 3. The molecule has 0 aromatic carbocycles. The fraction of sp³-hybridized carbons (Fsp3) is 0.778. The zero-order chi connectivity index (χ0) is 23.8. The Bertz CT molecular complexity index is 781. The molecule has 0 aromatic rings. The predicted octanol–water partition coefficient (Wildman–Crippen LogP) is 4.73. The first-order valence-electron chi connectivity index (χ1n) is 12.8. The minimum absolute atomic E-state index is 0.235. The van der Waals surface area contributed by atoms with Crippen molar-refractivity contribution in [3.63, 3.8) is 0 Å². The number of aliphatic hydroxyl groups excluding tert-OH is 2. The Morgan fingerprint density at radius 3 is 2.82 bits per heavy atom. The highest BCUT2D eigenvalue weighted by Gasteiger charge is 2.50. The standard InChI is InChI=1S/C27H41F2NO3/c1-17(15-30-11-12-33-25(16-30)26(28)29)22-8-9-23-19(5-4-10-27(22,23)3)6-7-20-13-21(31)14-24(32)18(20)2/h6-7,17,21-26,31-32H,2,4-5,8-16H2,1,3H3/b19-6+,20-7-/t17-,21-,22-,23+,24+,25+,27-/m1/s1. The number of aliphatic hydroxyl groups is 2. The first-order chi connectivity index (χ1) is 15.7. The third kappa shape index (κ3) is 5.29. The summed E-state index contributed by atoms with van der Waals surface area (Å²) in [6.07, 6.45) is 6.57. The third-order valence-corrected chi connectivity index (χ3v) is 8.99. The highest BCUT2D eigenvalue weighted by molar-refractivity contribution is 5.38. The van der Waals surface area contributed by atoms with Gasteiger partial charge in [-0.2, -0.15) is 0 Å². The average molecular weight is 466 g/mol. The summed E-state index contributed by atoms with van der Waals surface area (Å²) in [7, 11) is 0. The lowest BCUT2D eigenvalue weighted by molar-refractivity contribution is -0.106. The van der Waals surface area contributed by atoms with Crippen LogP contribution in [0.25, 0.3) is 0 Å². The van der Waals surface area contributed by atoms with Crippen LogP contribution in [0.15, 0.2) is 35.5 Å². The fourth-order valence-electron chi connectivity index (χ4n) is 7.26. The second-order valence-electron chi connectivity index (χ2n) is 11.1. The zero-order valence-corrected chi connectivity index (χ0v) is 20.2. The molecule has 1 saturated heterocycles. The van der Waals surface area contributed by atoms with Crippen LogP contribution in [0.2, 0.25) is 0 Å². The molecule has 4 aliphatic rings. The normalized spacial score (nSPS) is 41.7. The van der Waals surface area contributed by atoms with E-state index < -0.39 is 24.7 Å². The second kappa shape index (κ2) is 10.3. The van der Waals surface area contributed by atoms with Crippen molar-refractivity contribution in [1.29, 1.82) is 0 Å². The van der Waals surface area contributed by atoms with Gasteiger partial charge in [-0.15, -0.1) is 0 Å². The fourth-order valence-corrected chi connectivity index (χ4v) is 7.26. The number of hydrogen-bond donors (Lipinski definition) is 2. The minimum Gasteiger partial charge on any atom is -0.393 e. The van der Waals surface area contributed by atoms with Gasteiger partial charge in [-0.25, -0.2) is 8.78 Å². The van der Waals surface area contributed by atoms with E-state index in [4.69, 9.17) is 4.74 Å². The molecule has 0 spiro atoms. The molecular formula is C27H41F2NO3. The molecule has 3 saturated carbocycles. The third-order valence-electron chi connectivity index (χ3n) is 8.99. The van der Waals surface area contributed by atoms with Gasteiger partial charge in [-0.3, -0.25) is 4.90 Å². The summed E-state index contributed by atoms with van der Waals surface area (Å²) in [5, 5.41) is 20.2. The van der Waals surface area contributed by atoms with Crippen molar-refractivity contribution in [3.8, 4) is 0 Å². The summed E-state index contributed by atoms with van der Waals surface area (Å²) in [4.78, 5) is 2.18. The Morgan fingerprint density at radius 2 is 2.06 bits per heavy atom. The number of hydrogen-bond acceptors (Lipinski definition) is 4. The quantitative estimate of drug-likeness (QED) is 0.616. The monoisotopic (exact) mass is 465 g/mol. The van der Waals surface area contributed by atoms with Crippen LogP contribution in [-0.4, -0.2) is 66.1 Å². The van der Waals surface area contributed by atoms with Gasteiger partial charge in [-0.1, -0.05) is 38.2 Å². The first kappa shape index (κ1) is 25.0. The lowest BCUT2D eigenvalue weighted by Gasteiger charge is -2.45. The maximum absolute atomic E-state index is 13.1. The molecule has 4 rings (SSSR count). The van der Waals surface area contributed by atoms with Crippen molar-refractivity contribution in [1.82, 2.24) is 4.90 Å². The molecule has 7 atom stereocenters. The van der Waals surface area contributed by atoms with E-state index in [9.17, 15) is 19.0 Å². The van der Waals surface area contributed by atoms with Crippen LogP contribution in [0.4, 0.5) is 8.78 Å². The van der Waals surface area contributed by atoms with E-state index in [1.54, 1.807) is 0 Å². The number of ether oxygens (including phenoxy) is 1. The number of alkyl halides is 2. The highest BCUT2D eigenvalue weighted by Crippen LogP contribution is 2.59. The summed E-state index contributed by atoms with van der Waals surface area (Å²) in [5.74, 6) is 1.58. The lowest BCUT2D eigenvalue weighted by atomic mass is 9.61. The van der Waals surface area contributed by atoms with Gasteiger partial charge < -0.3 is 14.9 Å². The maximum Gasteiger partial charge on any atom is 0.265 e. The molecule has 3 aliphatic carbocycles. The topological polar surface area (TPSA) is 52.9 Å². The molecule has 0 radical (unpaired) electrons. The van der Waals surface area contributed by atoms with Gasteiger partial charge in [0.25, 0.3) is 6.43 Å². The summed E-state index contributed by atoms with van der Waals surface area (Å²) in [6, 6.07) is 0. The molecule has 0 unspecified atom stereocenters. The average Bonchev–Trinajstić information content (AvgIpc) is 3.13. The van der Waals surface area contributed by atoms with Crippen LogP contribution < -0.4 is 0 Å². The van der Waals surface area contributed by atoms with E-state index in [-0.39, 0.29) is 5.41 Å². The Balaban J connectivity index is 1.44. The molecule has 0 amide bonds. The van der Waals surface area contributed by atoms with Crippen molar-refractivity contribution in [2.45, 2.75) is 83.5 Å². The Kier molecular flexibility index (Phi) is 7.79. The first-order valence-corrected chi connectivity index (χ1v) is 12.8. The molecule has 4 fully saturated rings. The van der Waals surface area contributed by atoms with E-state index in [1.807, 2.05) is 0 Å². The Morgan fingerprint density at radius 1 is 1.27 bits per heavy atom. The van der Waals surface area contributed by atoms with Crippen LogP contribution in [0.5, 0.6) is 0 Å². The maximum atomic E-state index is 13.1. The van der Waals surface area contributed by atoms with Gasteiger partial charge in [0, 0.05) is 26.1 Å². The molecule has 186 valence electrons. The van der Waals surface area contributed by atoms with Gasteiger partial charge >= 0.3 is 0 Å². The van der Waals surface area contributed by atoms with E-state index >= 15 is 0 Å². The molecule has 4 nitrogen and oxygen atoms in total. The summed E-state index contributed by atoms with van der Waals surface area (Å²) in [5.41, 5.74) is 3.42. The lowest BCUT2D eigenvalue weighted by Crippen LogP contribution is -2.48. The molecule has 33 heavy (non-hydrogen) atoms. The van der Waals surface area contributed by atoms with Crippen molar-refractivity contribution in [3.05, 3.63) is 35.5 Å². The molecule has 2 N–H and O–H groups in total. The highest BCUT2D eigenvalue weighted by atomic mass is 19.3. The van der Waals surface area contributed by atoms with Crippen molar-refractivity contribution in [2.24, 2.45) is 23.2 Å². The van der Waals surface area contributed by atoms with Crippen LogP contribution in [0.1, 0.15) is 58.8 Å². The van der Waals surface area contributed by atoms with E-state index in [0.717, 1.165) is 30.7 Å². The largest absolute Gasteiger partial charge is 0.393 e. The van der Waals surface area contributed by atoms with Crippen molar-refractivity contribution >= 4 is 0 Å². The molecule has 1 aliphatic heterocycles. The molecule has 0 aromatic heterocycles. The van der Waals surface area contributed by atoms with Crippen LogP contribution in [0.3, 0.4) is 0 Å². The molecule has 0 bridgehead atoms. The van der Waals surface area contributed by atoms with E-state index in [2.05, 4.69) is 37.5 Å². The SMILES string of the molecule is C=C1/C(=C\C=C2/CCC[C@]3(C)[C@@H]([C@H](C)CN4CCO[C@H](C(F)F)C4)CC[C@@H]23)C[C@@H](O)C[C@@H]1O. The van der Waals surface area contributed by atoms with E-state index in [1.165, 1.54) is 31.3 Å². The number of morpholine rings is 1. The zero-order valence-electron chi connectivity index (χ0n) is 20.2. The number of rotatable bonds is 5. The second-order valence-corrected chi connectivity index (χ2v) is 11.1. The van der Waals surface area contributed by atoms with Gasteiger partial charge in [0.05, 0.1) is 18.8 Å². The van der Waals surface area contributed by atoms with Gasteiger partial charge in [0.1, 0.15) is 6.10 Å². The van der Waals surface area contributed by atoms with Crippen LogP contribution in [0, 0.1) is 23.2 Å². The summed E-state index contributed by atoms with van der Waals surface area (Å²) < 4.78 is 31.5. The van der Waals surface area contributed by atoms with Crippen molar-refractivity contribution < 1.29 is 23.7 Å². The minimum atomic E-state index is -2.42. The van der Waals surface area contributed by atoms with Gasteiger partial charge in [-0.05, 0) is 72.8 Å². The number of halogens is 2.